The van der Waals surface area contributed by atoms with Gasteiger partial charge < -0.3 is 10.1 Å². The number of aryl methyl sites for hydroxylation is 1. The summed E-state index contributed by atoms with van der Waals surface area (Å²) in [4.78, 5) is 25.1. The van der Waals surface area contributed by atoms with Crippen molar-refractivity contribution in [1.82, 2.24) is 15.0 Å². The zero-order chi connectivity index (χ0) is 18.5. The zero-order valence-electron chi connectivity index (χ0n) is 14.6. The maximum absolute atomic E-state index is 12.4. The number of benzene rings is 1. The predicted molar refractivity (Wildman–Crippen MR) is 105 cm³/mol. The molecule has 1 atom stereocenters. The third-order valence-electron chi connectivity index (χ3n) is 3.57. The predicted octanol–water partition coefficient (Wildman–Crippen LogP) is 4.04. The van der Waals surface area contributed by atoms with Gasteiger partial charge in [-0.2, -0.15) is 0 Å². The normalized spacial score (nSPS) is 11.8. The summed E-state index contributed by atoms with van der Waals surface area (Å²) in [6.45, 7) is 3.74. The Morgan fingerprint density at radius 1 is 1.27 bits per heavy atom. The number of nitrogens with zero attached hydrogens (tertiary/aromatic N) is 3. The minimum Gasteiger partial charge on any atom is -0.497 e. The third kappa shape index (κ3) is 4.59. The molecule has 0 aliphatic rings. The lowest BCUT2D eigenvalue weighted by atomic mass is 10.2. The van der Waals surface area contributed by atoms with Gasteiger partial charge in [-0.15, -0.1) is 11.3 Å². The fourth-order valence-corrected chi connectivity index (χ4v) is 3.76. The second kappa shape index (κ2) is 8.29. The average molecular weight is 387 g/mol. The first-order valence-corrected chi connectivity index (χ1v) is 9.67. The number of rotatable bonds is 6. The number of ether oxygens (including phenoxy) is 1. The van der Waals surface area contributed by atoms with Gasteiger partial charge in [0, 0.05) is 16.6 Å². The molecule has 0 saturated heterocycles. The van der Waals surface area contributed by atoms with Gasteiger partial charge >= 0.3 is 0 Å². The molecule has 0 radical (unpaired) electrons. The van der Waals surface area contributed by atoms with Gasteiger partial charge in [0.05, 0.1) is 18.1 Å². The molecule has 8 heteroatoms. The van der Waals surface area contributed by atoms with Crippen molar-refractivity contribution < 1.29 is 9.53 Å². The van der Waals surface area contributed by atoms with Gasteiger partial charge in [-0.1, -0.05) is 11.8 Å². The number of hydrogen-bond donors (Lipinski definition) is 1. The molecule has 0 aliphatic heterocycles. The van der Waals surface area contributed by atoms with Crippen LogP contribution in [0.5, 0.6) is 5.75 Å². The number of carbonyl (C=O) groups excluding carboxylic acids is 1. The Balaban J connectivity index is 1.63. The highest BCUT2D eigenvalue weighted by atomic mass is 32.2. The molecule has 6 nitrogen and oxygen atoms in total. The van der Waals surface area contributed by atoms with E-state index in [4.69, 9.17) is 4.74 Å². The molecule has 3 aromatic rings. The van der Waals surface area contributed by atoms with Gasteiger partial charge in [0.2, 0.25) is 5.91 Å². The molecule has 1 N–H and O–H groups in total. The van der Waals surface area contributed by atoms with Gasteiger partial charge in [0.1, 0.15) is 17.1 Å². The number of thioether (sulfide) groups is 1. The Hall–Kier alpha value is -2.45. The Labute approximate surface area is 160 Å². The Morgan fingerprint density at radius 2 is 2.04 bits per heavy atom. The second-order valence-electron chi connectivity index (χ2n) is 5.51. The highest BCUT2D eigenvalue weighted by Crippen LogP contribution is 2.27. The van der Waals surface area contributed by atoms with E-state index in [1.54, 1.807) is 7.11 Å². The summed E-state index contributed by atoms with van der Waals surface area (Å²) in [7, 11) is 1.63. The summed E-state index contributed by atoms with van der Waals surface area (Å²) in [6.07, 6.45) is 1.50. The summed E-state index contributed by atoms with van der Waals surface area (Å²) in [5.74, 6) is 0.685. The standard InChI is InChI=1S/C18H18N4O2S2/c1-11-8-16(20-10-19-11)26-12(2)17(23)22-18-21-15(9-25-18)13-4-6-14(24-3)7-5-13/h4-10,12H,1-3H3,(H,21,22,23). The van der Waals surface area contributed by atoms with Crippen LogP contribution in [0.15, 0.2) is 47.1 Å². The first-order valence-electron chi connectivity index (χ1n) is 7.91. The van der Waals surface area contributed by atoms with Crippen LogP contribution in [0.1, 0.15) is 12.6 Å². The molecule has 2 heterocycles. The van der Waals surface area contributed by atoms with Gasteiger partial charge in [-0.3, -0.25) is 4.79 Å². The van der Waals surface area contributed by atoms with E-state index >= 15 is 0 Å². The first kappa shape index (κ1) is 18.3. The molecule has 1 aromatic carbocycles. The highest BCUT2D eigenvalue weighted by molar-refractivity contribution is 8.00. The van der Waals surface area contributed by atoms with Crippen LogP contribution in [0.25, 0.3) is 11.3 Å². The maximum atomic E-state index is 12.4. The van der Waals surface area contributed by atoms with Crippen LogP contribution in [0, 0.1) is 6.92 Å². The monoisotopic (exact) mass is 386 g/mol. The number of nitrogens with one attached hydrogen (secondary N) is 1. The van der Waals surface area contributed by atoms with E-state index in [0.717, 1.165) is 27.7 Å². The lowest BCUT2D eigenvalue weighted by molar-refractivity contribution is -0.115. The minimum atomic E-state index is -0.294. The van der Waals surface area contributed by atoms with Gasteiger partial charge in [0.15, 0.2) is 5.13 Å². The SMILES string of the molecule is COc1ccc(-c2csc(NC(=O)C(C)Sc3cc(C)ncn3)n2)cc1. The lowest BCUT2D eigenvalue weighted by Gasteiger charge is -2.09. The van der Waals surface area contributed by atoms with Crippen LogP contribution in [0.3, 0.4) is 0 Å². The molecule has 0 bridgehead atoms. The molecule has 1 amide bonds. The fraction of sp³-hybridized carbons (Fsp3) is 0.222. The number of carbonyl (C=O) groups is 1. The van der Waals surface area contributed by atoms with Crippen molar-refractivity contribution >= 4 is 34.1 Å². The largest absolute Gasteiger partial charge is 0.497 e. The van der Waals surface area contributed by atoms with Crippen molar-refractivity contribution in [1.29, 1.82) is 0 Å². The number of hydrogen-bond acceptors (Lipinski definition) is 7. The van der Waals surface area contributed by atoms with Gasteiger partial charge in [-0.25, -0.2) is 15.0 Å². The van der Waals surface area contributed by atoms with Crippen molar-refractivity contribution in [3.8, 4) is 17.0 Å². The molecule has 3 rings (SSSR count). The van der Waals surface area contributed by atoms with E-state index in [1.807, 2.05) is 49.6 Å². The van der Waals surface area contributed by atoms with Gasteiger partial charge in [0.25, 0.3) is 0 Å². The summed E-state index contributed by atoms with van der Waals surface area (Å²) >= 11 is 2.79. The van der Waals surface area contributed by atoms with Crippen molar-refractivity contribution in [2.24, 2.45) is 0 Å². The molecule has 26 heavy (non-hydrogen) atoms. The van der Waals surface area contributed by atoms with Crippen molar-refractivity contribution in [2.45, 2.75) is 24.1 Å². The number of methoxy groups -OCH3 is 1. The molecule has 0 fully saturated rings. The summed E-state index contributed by atoms with van der Waals surface area (Å²) in [5, 5.41) is 5.85. The Morgan fingerprint density at radius 3 is 2.73 bits per heavy atom. The van der Waals surface area contributed by atoms with E-state index in [1.165, 1.54) is 29.4 Å². The highest BCUT2D eigenvalue weighted by Gasteiger charge is 2.17. The molecular formula is C18H18N4O2S2. The zero-order valence-corrected chi connectivity index (χ0v) is 16.2. The second-order valence-corrected chi connectivity index (χ2v) is 7.73. The van der Waals surface area contributed by atoms with Crippen LogP contribution < -0.4 is 10.1 Å². The summed E-state index contributed by atoms with van der Waals surface area (Å²) in [6, 6.07) is 9.51. The van der Waals surface area contributed by atoms with Crippen LogP contribution in [0.4, 0.5) is 5.13 Å². The molecule has 0 saturated carbocycles. The molecular weight excluding hydrogens is 368 g/mol. The van der Waals surface area contributed by atoms with Crippen LogP contribution in [-0.2, 0) is 4.79 Å². The van der Waals surface area contributed by atoms with Crippen LogP contribution in [-0.4, -0.2) is 33.2 Å². The quantitative estimate of drug-likeness (QED) is 0.509. The van der Waals surface area contributed by atoms with Gasteiger partial charge in [-0.05, 0) is 44.2 Å². The van der Waals surface area contributed by atoms with E-state index < -0.39 is 0 Å². The van der Waals surface area contributed by atoms with Crippen molar-refractivity contribution in [3.63, 3.8) is 0 Å². The third-order valence-corrected chi connectivity index (χ3v) is 5.36. The number of amides is 1. The smallest absolute Gasteiger partial charge is 0.239 e. The Kier molecular flexibility index (Phi) is 5.85. The lowest BCUT2D eigenvalue weighted by Crippen LogP contribution is -2.22. The summed E-state index contributed by atoms with van der Waals surface area (Å²) < 4.78 is 5.16. The van der Waals surface area contributed by atoms with Crippen molar-refractivity contribution in [3.05, 3.63) is 47.7 Å². The molecule has 2 aromatic heterocycles. The van der Waals surface area contributed by atoms with Crippen molar-refractivity contribution in [2.75, 3.05) is 12.4 Å². The topological polar surface area (TPSA) is 77.0 Å². The number of thiazole rings is 1. The number of anilines is 1. The molecule has 134 valence electrons. The van der Waals surface area contributed by atoms with E-state index in [9.17, 15) is 4.79 Å². The average Bonchev–Trinajstić information content (AvgIpc) is 3.10. The Bertz CT molecular complexity index is 896. The minimum absolute atomic E-state index is 0.109. The number of aromatic nitrogens is 3. The van der Waals surface area contributed by atoms with Crippen LogP contribution >= 0.6 is 23.1 Å². The maximum Gasteiger partial charge on any atom is 0.239 e. The molecule has 1 unspecified atom stereocenters. The molecule has 0 spiro atoms. The van der Waals surface area contributed by atoms with E-state index in [2.05, 4.69) is 20.3 Å². The summed E-state index contributed by atoms with van der Waals surface area (Å²) in [5.41, 5.74) is 2.67. The van der Waals surface area contributed by atoms with E-state index in [-0.39, 0.29) is 11.2 Å². The fourth-order valence-electron chi connectivity index (χ4n) is 2.16. The van der Waals surface area contributed by atoms with Crippen LogP contribution in [0.2, 0.25) is 0 Å². The first-order chi connectivity index (χ1) is 12.5. The van der Waals surface area contributed by atoms with E-state index in [0.29, 0.717) is 5.13 Å². The molecule has 0 aliphatic carbocycles.